The first-order valence-corrected chi connectivity index (χ1v) is 13.6. The number of hydrogen-bond acceptors (Lipinski definition) is 0. The van der Waals surface area contributed by atoms with Crippen molar-refractivity contribution in [1.29, 1.82) is 0 Å². The first-order valence-electron chi connectivity index (χ1n) is 13.6. The molecule has 0 saturated heterocycles. The van der Waals surface area contributed by atoms with Crippen molar-refractivity contribution >= 4 is 5.57 Å². The van der Waals surface area contributed by atoms with E-state index in [-0.39, 0.29) is 0 Å². The van der Waals surface area contributed by atoms with Gasteiger partial charge in [0.1, 0.15) is 0 Å². The lowest BCUT2D eigenvalue weighted by Crippen LogP contribution is -2.13. The minimum atomic E-state index is 0.818. The summed E-state index contributed by atoms with van der Waals surface area (Å²) >= 11 is 0. The van der Waals surface area contributed by atoms with E-state index in [4.69, 9.17) is 0 Å². The van der Waals surface area contributed by atoms with Crippen LogP contribution in [0.15, 0.2) is 30.3 Å². The Labute approximate surface area is 187 Å². The van der Waals surface area contributed by atoms with Gasteiger partial charge in [-0.2, -0.15) is 0 Å². The van der Waals surface area contributed by atoms with Crippen molar-refractivity contribution in [2.75, 3.05) is 0 Å². The molecule has 30 heavy (non-hydrogen) atoms. The normalized spacial score (nSPS) is 24.6. The third kappa shape index (κ3) is 7.58. The topological polar surface area (TPSA) is 0 Å². The van der Waals surface area contributed by atoms with Crippen molar-refractivity contribution in [1.82, 2.24) is 0 Å². The zero-order chi connectivity index (χ0) is 21.0. The van der Waals surface area contributed by atoms with Crippen molar-refractivity contribution in [3.63, 3.8) is 0 Å². The van der Waals surface area contributed by atoms with Gasteiger partial charge in [0.2, 0.25) is 0 Å². The molecule has 1 aromatic carbocycles. The van der Waals surface area contributed by atoms with Crippen LogP contribution in [0, 0.1) is 11.8 Å². The van der Waals surface area contributed by atoms with Crippen LogP contribution in [0.5, 0.6) is 0 Å². The maximum atomic E-state index is 2.52. The van der Waals surface area contributed by atoms with Crippen LogP contribution in [0.1, 0.15) is 140 Å². The molecule has 2 aliphatic rings. The molecule has 0 heterocycles. The first kappa shape index (κ1) is 23.6. The smallest absolute Gasteiger partial charge is 0.0162 e. The van der Waals surface area contributed by atoms with Gasteiger partial charge in [-0.25, -0.2) is 0 Å². The van der Waals surface area contributed by atoms with Crippen molar-refractivity contribution in [2.45, 2.75) is 129 Å². The number of benzene rings is 1. The average Bonchev–Trinajstić information content (AvgIpc) is 2.81. The zero-order valence-corrected chi connectivity index (χ0v) is 20.1. The molecule has 0 radical (unpaired) electrons. The molecular formula is C30H48. The SMILES string of the molecule is CCCCCCCCCC[C@H]1CC[C@H](c2ccc(C3=CCC(CC)CC3)cc2)CC1. The number of hydrogen-bond donors (Lipinski definition) is 0. The van der Waals surface area contributed by atoms with Gasteiger partial charge in [0, 0.05) is 0 Å². The second-order valence-corrected chi connectivity index (χ2v) is 10.4. The summed E-state index contributed by atoms with van der Waals surface area (Å²) in [4.78, 5) is 0. The van der Waals surface area contributed by atoms with Crippen LogP contribution in [0.3, 0.4) is 0 Å². The molecule has 3 rings (SSSR count). The van der Waals surface area contributed by atoms with E-state index in [1.54, 1.807) is 11.1 Å². The summed E-state index contributed by atoms with van der Waals surface area (Å²) in [6.07, 6.45) is 26.7. The number of allylic oxidation sites excluding steroid dienone is 2. The van der Waals surface area contributed by atoms with Crippen LogP contribution in [0.4, 0.5) is 0 Å². The number of rotatable bonds is 12. The fourth-order valence-electron chi connectivity index (χ4n) is 5.84. The second-order valence-electron chi connectivity index (χ2n) is 10.4. The minimum absolute atomic E-state index is 0.818. The fraction of sp³-hybridized carbons (Fsp3) is 0.733. The standard InChI is InChI=1S/C30H48/c1-3-5-6-7-8-9-10-11-12-26-15-19-28(20-16-26)30-23-21-29(22-24-30)27-17-13-25(4-2)14-18-27/h17,21-26,28H,3-16,18-20H2,1-2H3/t25?,26-,28-. The highest BCUT2D eigenvalue weighted by Gasteiger charge is 2.22. The van der Waals surface area contributed by atoms with E-state index in [1.165, 1.54) is 115 Å². The van der Waals surface area contributed by atoms with Gasteiger partial charge in [-0.15, -0.1) is 0 Å². The molecule has 1 saturated carbocycles. The Bertz CT molecular complexity index is 599. The quantitative estimate of drug-likeness (QED) is 0.302. The Hall–Kier alpha value is -1.04. The molecule has 0 N–H and O–H groups in total. The van der Waals surface area contributed by atoms with Crippen LogP contribution >= 0.6 is 0 Å². The molecule has 0 aliphatic heterocycles. The first-order chi connectivity index (χ1) is 14.8. The van der Waals surface area contributed by atoms with E-state index in [0.717, 1.165) is 17.8 Å². The monoisotopic (exact) mass is 408 g/mol. The molecule has 0 bridgehead atoms. The third-order valence-electron chi connectivity index (χ3n) is 8.16. The Morgan fingerprint density at radius 2 is 1.37 bits per heavy atom. The lowest BCUT2D eigenvalue weighted by atomic mass is 9.76. The molecule has 168 valence electrons. The molecular weight excluding hydrogens is 360 g/mol. The molecule has 1 unspecified atom stereocenters. The fourth-order valence-corrected chi connectivity index (χ4v) is 5.84. The summed E-state index contributed by atoms with van der Waals surface area (Å²) in [5.41, 5.74) is 4.68. The summed E-state index contributed by atoms with van der Waals surface area (Å²) in [5, 5.41) is 0. The highest BCUT2D eigenvalue weighted by atomic mass is 14.3. The maximum absolute atomic E-state index is 2.52. The molecule has 0 amide bonds. The van der Waals surface area contributed by atoms with E-state index >= 15 is 0 Å². The molecule has 0 heteroatoms. The van der Waals surface area contributed by atoms with E-state index in [0.29, 0.717) is 0 Å². The third-order valence-corrected chi connectivity index (χ3v) is 8.16. The average molecular weight is 409 g/mol. The largest absolute Gasteiger partial charge is 0.0804 e. The molecule has 2 aliphatic carbocycles. The van der Waals surface area contributed by atoms with E-state index in [2.05, 4.69) is 44.2 Å². The van der Waals surface area contributed by atoms with Crippen LogP contribution in [0.2, 0.25) is 0 Å². The summed E-state index contributed by atoms with van der Waals surface area (Å²) in [6.45, 7) is 4.64. The van der Waals surface area contributed by atoms with Crippen LogP contribution in [0.25, 0.3) is 5.57 Å². The van der Waals surface area contributed by atoms with Crippen LogP contribution in [-0.4, -0.2) is 0 Å². The molecule has 0 aromatic heterocycles. The van der Waals surface area contributed by atoms with Gasteiger partial charge in [0.25, 0.3) is 0 Å². The highest BCUT2D eigenvalue weighted by Crippen LogP contribution is 2.39. The lowest BCUT2D eigenvalue weighted by molar-refractivity contribution is 0.301. The number of unbranched alkanes of at least 4 members (excludes halogenated alkanes) is 7. The van der Waals surface area contributed by atoms with Gasteiger partial charge in [-0.3, -0.25) is 0 Å². The van der Waals surface area contributed by atoms with Gasteiger partial charge < -0.3 is 0 Å². The highest BCUT2D eigenvalue weighted by molar-refractivity contribution is 5.66. The van der Waals surface area contributed by atoms with Crippen molar-refractivity contribution in [3.05, 3.63) is 41.5 Å². The van der Waals surface area contributed by atoms with Gasteiger partial charge in [-0.05, 0) is 79.4 Å². The van der Waals surface area contributed by atoms with Gasteiger partial charge in [0.05, 0.1) is 0 Å². The van der Waals surface area contributed by atoms with Crippen molar-refractivity contribution in [2.24, 2.45) is 11.8 Å². The van der Waals surface area contributed by atoms with Crippen LogP contribution < -0.4 is 0 Å². The molecule has 1 aromatic rings. The van der Waals surface area contributed by atoms with Crippen molar-refractivity contribution < 1.29 is 0 Å². The Morgan fingerprint density at radius 1 is 0.700 bits per heavy atom. The Balaban J connectivity index is 1.33. The molecule has 0 spiro atoms. The molecule has 1 fully saturated rings. The molecule has 1 atom stereocenters. The predicted molar refractivity (Wildman–Crippen MR) is 134 cm³/mol. The van der Waals surface area contributed by atoms with E-state index < -0.39 is 0 Å². The summed E-state index contributed by atoms with van der Waals surface area (Å²) < 4.78 is 0. The van der Waals surface area contributed by atoms with Crippen LogP contribution in [-0.2, 0) is 0 Å². The summed E-state index contributed by atoms with van der Waals surface area (Å²) in [6, 6.07) is 9.73. The summed E-state index contributed by atoms with van der Waals surface area (Å²) in [7, 11) is 0. The van der Waals surface area contributed by atoms with Crippen molar-refractivity contribution in [3.8, 4) is 0 Å². The zero-order valence-electron chi connectivity index (χ0n) is 20.1. The lowest BCUT2D eigenvalue weighted by Gasteiger charge is -2.29. The van der Waals surface area contributed by atoms with Gasteiger partial charge in [0.15, 0.2) is 0 Å². The molecule has 0 nitrogen and oxygen atoms in total. The maximum Gasteiger partial charge on any atom is -0.0162 e. The Morgan fingerprint density at radius 3 is 1.97 bits per heavy atom. The van der Waals surface area contributed by atoms with E-state index in [9.17, 15) is 0 Å². The van der Waals surface area contributed by atoms with E-state index in [1.807, 2.05) is 0 Å². The minimum Gasteiger partial charge on any atom is -0.0804 e. The second kappa shape index (κ2) is 13.4. The summed E-state index contributed by atoms with van der Waals surface area (Å²) in [5.74, 6) is 2.76. The Kier molecular flexibility index (Phi) is 10.5. The van der Waals surface area contributed by atoms with Gasteiger partial charge in [-0.1, -0.05) is 108 Å². The predicted octanol–water partition coefficient (Wildman–Crippen LogP) is 10.1. The van der Waals surface area contributed by atoms with Gasteiger partial charge >= 0.3 is 0 Å².